The van der Waals surface area contributed by atoms with E-state index in [-0.39, 0.29) is 18.6 Å². The average Bonchev–Trinajstić information content (AvgIpc) is 3.25. The van der Waals surface area contributed by atoms with Gasteiger partial charge in [0.15, 0.2) is 0 Å². The molecular weight excluding hydrogens is 328 g/mol. The van der Waals surface area contributed by atoms with Crippen LogP contribution in [-0.2, 0) is 21.2 Å². The molecular formula is C16H22N4O3S. The van der Waals surface area contributed by atoms with Crippen molar-refractivity contribution in [2.24, 2.45) is 0 Å². The Bertz CT molecular complexity index is 776. The smallest absolute Gasteiger partial charge is 0.243 e. The van der Waals surface area contributed by atoms with Crippen molar-refractivity contribution < 1.29 is 13.2 Å². The van der Waals surface area contributed by atoms with E-state index in [1.807, 2.05) is 19.1 Å². The van der Waals surface area contributed by atoms with Gasteiger partial charge in [-0.25, -0.2) is 13.4 Å². The van der Waals surface area contributed by atoms with Crippen LogP contribution in [0.5, 0.6) is 0 Å². The summed E-state index contributed by atoms with van der Waals surface area (Å²) in [6.07, 6.45) is 2.71. The Labute approximate surface area is 142 Å². The normalized spacial score (nSPS) is 21.5. The maximum atomic E-state index is 12.9. The Morgan fingerprint density at radius 3 is 2.88 bits per heavy atom. The first-order chi connectivity index (χ1) is 11.5. The predicted molar refractivity (Wildman–Crippen MR) is 89.1 cm³/mol. The minimum Gasteiger partial charge on any atom is -0.376 e. The van der Waals surface area contributed by atoms with Crippen LogP contribution in [0.25, 0.3) is 0 Å². The Morgan fingerprint density at radius 1 is 1.38 bits per heavy atom. The van der Waals surface area contributed by atoms with Gasteiger partial charge in [0, 0.05) is 26.1 Å². The number of aromatic amines is 1. The van der Waals surface area contributed by atoms with Gasteiger partial charge >= 0.3 is 0 Å². The van der Waals surface area contributed by atoms with Crippen LogP contribution in [0.1, 0.15) is 30.7 Å². The van der Waals surface area contributed by atoms with Crippen LogP contribution in [0.3, 0.4) is 0 Å². The number of hydrogen-bond acceptors (Lipinski definition) is 5. The van der Waals surface area contributed by atoms with Gasteiger partial charge in [0.2, 0.25) is 10.0 Å². The van der Waals surface area contributed by atoms with Crippen molar-refractivity contribution in [2.45, 2.75) is 36.7 Å². The molecule has 0 spiro atoms. The second kappa shape index (κ2) is 7.00. The summed E-state index contributed by atoms with van der Waals surface area (Å²) >= 11 is 0. The lowest BCUT2D eigenvalue weighted by Gasteiger charge is -2.24. The zero-order valence-electron chi connectivity index (χ0n) is 13.8. The highest BCUT2D eigenvalue weighted by molar-refractivity contribution is 7.89. The molecule has 1 fully saturated rings. The zero-order chi connectivity index (χ0) is 17.2. The van der Waals surface area contributed by atoms with Crippen LogP contribution in [0.2, 0.25) is 0 Å². The second-order valence-electron chi connectivity index (χ2n) is 5.92. The van der Waals surface area contributed by atoms with E-state index in [2.05, 4.69) is 15.2 Å². The lowest BCUT2D eigenvalue weighted by molar-refractivity contribution is 0.0894. The van der Waals surface area contributed by atoms with Gasteiger partial charge in [-0.2, -0.15) is 9.40 Å². The van der Waals surface area contributed by atoms with Crippen molar-refractivity contribution in [2.75, 3.05) is 20.2 Å². The number of nitrogens with one attached hydrogen (secondary N) is 1. The minimum atomic E-state index is -3.55. The van der Waals surface area contributed by atoms with E-state index in [0.29, 0.717) is 17.9 Å². The number of H-pyrrole nitrogens is 1. The van der Waals surface area contributed by atoms with Crippen molar-refractivity contribution in [3.8, 4) is 0 Å². The average molecular weight is 350 g/mol. The van der Waals surface area contributed by atoms with E-state index < -0.39 is 10.0 Å². The molecule has 3 rings (SSSR count). The third-order valence-electron chi connectivity index (χ3n) is 4.47. The Morgan fingerprint density at radius 2 is 2.17 bits per heavy atom. The largest absolute Gasteiger partial charge is 0.376 e. The minimum absolute atomic E-state index is 0.0339. The fourth-order valence-corrected chi connectivity index (χ4v) is 4.57. The summed E-state index contributed by atoms with van der Waals surface area (Å²) in [5, 5.41) is 6.74. The summed E-state index contributed by atoms with van der Waals surface area (Å²) in [6.45, 7) is 2.83. The Hall–Kier alpha value is -1.77. The fraction of sp³-hybridized carbons (Fsp3) is 0.500. The number of sulfonamides is 1. The third kappa shape index (κ3) is 3.22. The second-order valence-corrected chi connectivity index (χ2v) is 7.94. The van der Waals surface area contributed by atoms with Gasteiger partial charge in [0.05, 0.1) is 11.0 Å². The molecule has 1 aliphatic rings. The highest BCUT2D eigenvalue weighted by atomic mass is 32.2. The molecule has 0 bridgehead atoms. The summed E-state index contributed by atoms with van der Waals surface area (Å²) < 4.78 is 33.0. The monoisotopic (exact) mass is 350 g/mol. The van der Waals surface area contributed by atoms with Crippen molar-refractivity contribution in [3.05, 3.63) is 42.0 Å². The quantitative estimate of drug-likeness (QED) is 0.854. The summed E-state index contributed by atoms with van der Waals surface area (Å²) in [6, 6.07) is 7.12. The highest BCUT2D eigenvalue weighted by Crippen LogP contribution is 2.30. The fourth-order valence-electron chi connectivity index (χ4n) is 3.10. The van der Waals surface area contributed by atoms with Crippen LogP contribution in [0.15, 0.2) is 35.5 Å². The number of ether oxygens (including phenoxy) is 1. The molecule has 1 N–H and O–H groups in total. The standard InChI is InChI=1S/C16H22N4O3S/c1-3-12-6-4-5-7-15(12)24(21,22)20(2)10-14-13(8-9-23-14)16-17-11-18-19-16/h4-7,11,13-14H,3,8-10H2,1-2H3,(H,17,18,19)/t13-,14-/m1/s1. The lowest BCUT2D eigenvalue weighted by atomic mass is 10.0. The summed E-state index contributed by atoms with van der Waals surface area (Å²) in [4.78, 5) is 4.55. The first-order valence-electron chi connectivity index (χ1n) is 8.05. The van der Waals surface area contributed by atoms with Crippen LogP contribution in [0, 0.1) is 0 Å². The van der Waals surface area contributed by atoms with Crippen LogP contribution < -0.4 is 0 Å². The summed E-state index contributed by atoms with van der Waals surface area (Å²) in [5.74, 6) is 0.781. The van der Waals surface area contributed by atoms with Crippen molar-refractivity contribution in [3.63, 3.8) is 0 Å². The van der Waals surface area contributed by atoms with E-state index >= 15 is 0 Å². The van der Waals surface area contributed by atoms with Crippen LogP contribution >= 0.6 is 0 Å². The molecule has 24 heavy (non-hydrogen) atoms. The van der Waals surface area contributed by atoms with Crippen molar-refractivity contribution in [1.82, 2.24) is 19.5 Å². The molecule has 0 aliphatic carbocycles. The molecule has 7 nitrogen and oxygen atoms in total. The molecule has 0 saturated carbocycles. The maximum Gasteiger partial charge on any atom is 0.243 e. The topological polar surface area (TPSA) is 88.2 Å². The molecule has 8 heteroatoms. The number of nitrogens with zero attached hydrogens (tertiary/aromatic N) is 3. The molecule has 2 heterocycles. The molecule has 1 saturated heterocycles. The van der Waals surface area contributed by atoms with Gasteiger partial charge in [-0.3, -0.25) is 5.10 Å². The summed E-state index contributed by atoms with van der Waals surface area (Å²) in [7, 11) is -1.96. The number of likely N-dealkylation sites (N-methyl/N-ethyl adjacent to an activating group) is 1. The number of rotatable bonds is 6. The number of benzene rings is 1. The van der Waals surface area contributed by atoms with Gasteiger partial charge in [-0.1, -0.05) is 25.1 Å². The van der Waals surface area contributed by atoms with Gasteiger partial charge < -0.3 is 4.74 Å². The van der Waals surface area contributed by atoms with E-state index in [1.165, 1.54) is 10.6 Å². The van der Waals surface area contributed by atoms with Crippen LogP contribution in [-0.4, -0.2) is 54.2 Å². The summed E-state index contributed by atoms with van der Waals surface area (Å²) in [5.41, 5.74) is 0.823. The zero-order valence-corrected chi connectivity index (χ0v) is 14.7. The molecule has 1 aromatic heterocycles. The molecule has 0 unspecified atom stereocenters. The van der Waals surface area contributed by atoms with E-state index in [9.17, 15) is 8.42 Å². The van der Waals surface area contributed by atoms with E-state index in [4.69, 9.17) is 4.74 Å². The van der Waals surface area contributed by atoms with Gasteiger partial charge in [-0.05, 0) is 24.5 Å². The van der Waals surface area contributed by atoms with Gasteiger partial charge in [0.25, 0.3) is 0 Å². The molecule has 1 aromatic carbocycles. The maximum absolute atomic E-state index is 12.9. The molecule has 0 amide bonds. The molecule has 1 aliphatic heterocycles. The SMILES string of the molecule is CCc1ccccc1S(=O)(=O)N(C)C[C@H]1OCC[C@H]1c1ncn[nH]1. The van der Waals surface area contributed by atoms with Crippen LogP contribution in [0.4, 0.5) is 0 Å². The molecule has 2 aromatic rings. The lowest BCUT2D eigenvalue weighted by Crippen LogP contribution is -2.36. The molecule has 0 radical (unpaired) electrons. The number of aromatic nitrogens is 3. The van der Waals surface area contributed by atoms with E-state index in [0.717, 1.165) is 17.8 Å². The van der Waals surface area contributed by atoms with Gasteiger partial charge in [-0.15, -0.1) is 0 Å². The first kappa shape index (κ1) is 17.1. The first-order valence-corrected chi connectivity index (χ1v) is 9.49. The number of aryl methyl sites for hydroxylation is 1. The number of hydrogen-bond donors (Lipinski definition) is 1. The third-order valence-corrected chi connectivity index (χ3v) is 6.40. The highest BCUT2D eigenvalue weighted by Gasteiger charge is 2.35. The molecule has 130 valence electrons. The van der Waals surface area contributed by atoms with Crippen molar-refractivity contribution >= 4 is 10.0 Å². The van der Waals surface area contributed by atoms with E-state index in [1.54, 1.807) is 19.2 Å². The Balaban J connectivity index is 1.80. The Kier molecular flexibility index (Phi) is 4.98. The van der Waals surface area contributed by atoms with Crippen molar-refractivity contribution in [1.29, 1.82) is 0 Å². The van der Waals surface area contributed by atoms with Gasteiger partial charge in [0.1, 0.15) is 12.2 Å². The molecule has 2 atom stereocenters. The predicted octanol–water partition coefficient (Wildman–Crippen LogP) is 1.56.